The van der Waals surface area contributed by atoms with Crippen LogP contribution < -0.4 is 10.1 Å². The number of nitrogens with zero attached hydrogens (tertiary/aromatic N) is 2. The molecule has 1 amide bonds. The van der Waals surface area contributed by atoms with E-state index in [2.05, 4.69) is 10.3 Å². The molecule has 10 heteroatoms. The highest BCUT2D eigenvalue weighted by atomic mass is 32.2. The molecular formula is C17H17N3O4S3. The van der Waals surface area contributed by atoms with E-state index in [-0.39, 0.29) is 16.3 Å². The van der Waals surface area contributed by atoms with Crippen LogP contribution in [0.2, 0.25) is 0 Å². The number of benzene rings is 1. The van der Waals surface area contributed by atoms with E-state index in [1.807, 2.05) is 17.5 Å². The fourth-order valence-corrected chi connectivity index (χ4v) is 4.93. The van der Waals surface area contributed by atoms with Gasteiger partial charge in [0.1, 0.15) is 21.3 Å². The maximum atomic E-state index is 12.5. The number of aromatic nitrogens is 1. The number of thiazole rings is 1. The molecule has 2 heterocycles. The summed E-state index contributed by atoms with van der Waals surface area (Å²) in [6.07, 6.45) is 0. The third-order valence-electron chi connectivity index (χ3n) is 3.65. The predicted octanol–water partition coefficient (Wildman–Crippen LogP) is 3.38. The van der Waals surface area contributed by atoms with Crippen LogP contribution >= 0.6 is 22.7 Å². The van der Waals surface area contributed by atoms with E-state index >= 15 is 0 Å². The van der Waals surface area contributed by atoms with Gasteiger partial charge >= 0.3 is 0 Å². The zero-order valence-electron chi connectivity index (χ0n) is 14.8. The number of hydrogen-bond donors (Lipinski definition) is 1. The summed E-state index contributed by atoms with van der Waals surface area (Å²) < 4.78 is 31.2. The molecule has 1 aromatic carbocycles. The lowest BCUT2D eigenvalue weighted by Crippen LogP contribution is -2.23. The number of methoxy groups -OCH3 is 1. The van der Waals surface area contributed by atoms with Gasteiger partial charge in [0.05, 0.1) is 12.0 Å². The first-order chi connectivity index (χ1) is 12.8. The lowest BCUT2D eigenvalue weighted by molar-refractivity contribution is 0.102. The smallest absolute Gasteiger partial charge is 0.275 e. The highest BCUT2D eigenvalue weighted by Crippen LogP contribution is 2.30. The Hall–Kier alpha value is -2.27. The molecule has 0 atom stereocenters. The van der Waals surface area contributed by atoms with Gasteiger partial charge in [-0.2, -0.15) is 0 Å². The van der Waals surface area contributed by atoms with Gasteiger partial charge < -0.3 is 10.1 Å². The van der Waals surface area contributed by atoms with Gasteiger partial charge in [-0.05, 0) is 29.6 Å². The second-order valence-electron chi connectivity index (χ2n) is 5.62. The summed E-state index contributed by atoms with van der Waals surface area (Å²) in [5.74, 6) is -0.206. The zero-order chi connectivity index (χ0) is 19.6. The van der Waals surface area contributed by atoms with Crippen molar-refractivity contribution in [2.75, 3.05) is 26.5 Å². The Bertz CT molecular complexity index is 1060. The fraction of sp³-hybridized carbons (Fsp3) is 0.176. The van der Waals surface area contributed by atoms with Crippen LogP contribution in [0, 0.1) is 0 Å². The van der Waals surface area contributed by atoms with E-state index < -0.39 is 15.9 Å². The van der Waals surface area contributed by atoms with Crippen LogP contribution in [0.4, 0.5) is 5.69 Å². The molecule has 3 rings (SSSR count). The van der Waals surface area contributed by atoms with Gasteiger partial charge in [0.2, 0.25) is 10.0 Å². The Morgan fingerprint density at radius 3 is 2.63 bits per heavy atom. The number of nitrogens with one attached hydrogen (secondary N) is 1. The van der Waals surface area contributed by atoms with Crippen molar-refractivity contribution in [3.05, 3.63) is 46.8 Å². The standard InChI is InChI=1S/C17H17N3O4S3/c1-20(2)27(22,23)15-9-11(6-7-13(15)24-3)18-16(21)12-10-26-17(19-12)14-5-4-8-25-14/h4-10H,1-3H3,(H,18,21). The number of thiophene rings is 1. The van der Waals surface area contributed by atoms with Crippen LogP contribution in [0.15, 0.2) is 46.0 Å². The zero-order valence-corrected chi connectivity index (χ0v) is 17.2. The highest BCUT2D eigenvalue weighted by Gasteiger charge is 2.23. The Labute approximate surface area is 165 Å². The molecule has 1 N–H and O–H groups in total. The number of amides is 1. The van der Waals surface area contributed by atoms with Gasteiger partial charge in [0.25, 0.3) is 5.91 Å². The molecule has 0 aliphatic carbocycles. The first-order valence-electron chi connectivity index (χ1n) is 7.74. The van der Waals surface area contributed by atoms with Crippen molar-refractivity contribution in [3.63, 3.8) is 0 Å². The summed E-state index contributed by atoms with van der Waals surface area (Å²) in [4.78, 5) is 17.8. The minimum Gasteiger partial charge on any atom is -0.495 e. The molecule has 0 saturated heterocycles. The molecule has 142 valence electrons. The number of carbonyl (C=O) groups is 1. The predicted molar refractivity (Wildman–Crippen MR) is 107 cm³/mol. The Kier molecular flexibility index (Phi) is 5.61. The van der Waals surface area contributed by atoms with Gasteiger partial charge in [-0.1, -0.05) is 6.07 Å². The van der Waals surface area contributed by atoms with Gasteiger partial charge in [-0.25, -0.2) is 17.7 Å². The Balaban J connectivity index is 1.86. The number of carbonyl (C=O) groups excluding carboxylic acids is 1. The Morgan fingerprint density at radius 1 is 1.22 bits per heavy atom. The summed E-state index contributed by atoms with van der Waals surface area (Å²) in [5, 5.41) is 7.07. The monoisotopic (exact) mass is 423 g/mol. The molecule has 27 heavy (non-hydrogen) atoms. The maximum Gasteiger partial charge on any atom is 0.275 e. The number of anilines is 1. The van der Waals surface area contributed by atoms with Crippen molar-refractivity contribution in [3.8, 4) is 15.6 Å². The molecule has 0 spiro atoms. The van der Waals surface area contributed by atoms with Crippen molar-refractivity contribution >= 4 is 44.3 Å². The summed E-state index contributed by atoms with van der Waals surface area (Å²) in [5.41, 5.74) is 0.614. The quantitative estimate of drug-likeness (QED) is 0.657. The fourth-order valence-electron chi connectivity index (χ4n) is 2.24. The normalized spacial score (nSPS) is 11.6. The van der Waals surface area contributed by atoms with E-state index in [4.69, 9.17) is 4.74 Å². The molecule has 0 aliphatic rings. The number of rotatable bonds is 6. The van der Waals surface area contributed by atoms with Crippen molar-refractivity contribution < 1.29 is 17.9 Å². The summed E-state index contributed by atoms with van der Waals surface area (Å²) in [6, 6.07) is 8.32. The van der Waals surface area contributed by atoms with Crippen LogP contribution in [0.5, 0.6) is 5.75 Å². The molecule has 0 fully saturated rings. The van der Waals surface area contributed by atoms with Crippen LogP contribution in [-0.4, -0.2) is 44.8 Å². The average Bonchev–Trinajstić information content (AvgIpc) is 3.32. The summed E-state index contributed by atoms with van der Waals surface area (Å²) in [6.45, 7) is 0. The molecule has 0 unspecified atom stereocenters. The highest BCUT2D eigenvalue weighted by molar-refractivity contribution is 7.89. The molecule has 0 radical (unpaired) electrons. The average molecular weight is 424 g/mol. The first kappa shape index (κ1) is 19.5. The summed E-state index contributed by atoms with van der Waals surface area (Å²) >= 11 is 2.93. The molecule has 7 nitrogen and oxygen atoms in total. The molecule has 0 bridgehead atoms. The second-order valence-corrected chi connectivity index (χ2v) is 9.55. The van der Waals surface area contributed by atoms with Gasteiger partial charge in [-0.3, -0.25) is 4.79 Å². The first-order valence-corrected chi connectivity index (χ1v) is 10.9. The molecule has 2 aromatic heterocycles. The number of sulfonamides is 1. The minimum absolute atomic E-state index is 0.0228. The minimum atomic E-state index is -3.72. The van der Waals surface area contributed by atoms with Crippen molar-refractivity contribution in [1.82, 2.24) is 9.29 Å². The van der Waals surface area contributed by atoms with Crippen LogP contribution in [0.1, 0.15) is 10.5 Å². The second kappa shape index (κ2) is 7.77. The molecule has 0 saturated carbocycles. The largest absolute Gasteiger partial charge is 0.495 e. The van der Waals surface area contributed by atoms with E-state index in [1.54, 1.807) is 22.8 Å². The van der Waals surface area contributed by atoms with Gasteiger partial charge in [0.15, 0.2) is 0 Å². The molecule has 3 aromatic rings. The van der Waals surface area contributed by atoms with Crippen LogP contribution in [0.3, 0.4) is 0 Å². The van der Waals surface area contributed by atoms with Crippen molar-refractivity contribution in [1.29, 1.82) is 0 Å². The molecular weight excluding hydrogens is 406 g/mol. The summed E-state index contributed by atoms with van der Waals surface area (Å²) in [7, 11) is 0.533. The number of hydrogen-bond acceptors (Lipinski definition) is 7. The van der Waals surface area contributed by atoms with Crippen molar-refractivity contribution in [2.24, 2.45) is 0 Å². The van der Waals surface area contributed by atoms with Gasteiger partial charge in [-0.15, -0.1) is 22.7 Å². The Morgan fingerprint density at radius 2 is 2.00 bits per heavy atom. The SMILES string of the molecule is COc1ccc(NC(=O)c2csc(-c3cccs3)n2)cc1S(=O)(=O)N(C)C. The number of ether oxygens (including phenoxy) is 1. The van der Waals surface area contributed by atoms with E-state index in [0.717, 1.165) is 14.2 Å². The van der Waals surface area contributed by atoms with E-state index in [9.17, 15) is 13.2 Å². The lowest BCUT2D eigenvalue weighted by atomic mass is 10.3. The third kappa shape index (κ3) is 4.03. The topological polar surface area (TPSA) is 88.6 Å². The van der Waals surface area contributed by atoms with Crippen molar-refractivity contribution in [2.45, 2.75) is 4.90 Å². The van der Waals surface area contributed by atoms with E-state index in [1.165, 1.54) is 44.7 Å². The third-order valence-corrected chi connectivity index (χ3v) is 7.37. The lowest BCUT2D eigenvalue weighted by Gasteiger charge is -2.15. The van der Waals surface area contributed by atoms with Crippen LogP contribution in [0.25, 0.3) is 9.88 Å². The molecule has 0 aliphatic heterocycles. The van der Waals surface area contributed by atoms with E-state index in [0.29, 0.717) is 5.69 Å². The van der Waals surface area contributed by atoms with Crippen LogP contribution in [-0.2, 0) is 10.0 Å². The maximum absolute atomic E-state index is 12.5. The van der Waals surface area contributed by atoms with Gasteiger partial charge in [0, 0.05) is 25.2 Å².